The summed E-state index contributed by atoms with van der Waals surface area (Å²) in [5.41, 5.74) is 0. The van der Waals surface area contributed by atoms with Crippen molar-refractivity contribution in [2.24, 2.45) is 4.99 Å². The molecule has 1 aromatic heterocycles. The lowest BCUT2D eigenvalue weighted by atomic mass is 10.1. The fraction of sp³-hybridized carbons (Fsp3) is 0.250. The van der Waals surface area contributed by atoms with Gasteiger partial charge in [0.2, 0.25) is 5.91 Å². The minimum Gasteiger partial charge on any atom is -0.487 e. The van der Waals surface area contributed by atoms with E-state index in [2.05, 4.69) is 9.98 Å². The molecule has 1 saturated heterocycles. The highest BCUT2D eigenvalue weighted by Crippen LogP contribution is 2.17. The normalized spacial score (nSPS) is 16.9. The van der Waals surface area contributed by atoms with Crippen LogP contribution in [0.25, 0.3) is 6.08 Å². The molecule has 1 fully saturated rings. The van der Waals surface area contributed by atoms with Gasteiger partial charge in [0.25, 0.3) is 0 Å². The first-order valence-corrected chi connectivity index (χ1v) is 7.35. The fourth-order valence-electron chi connectivity index (χ4n) is 2.65. The number of rotatable bonds is 2. The first-order valence-electron chi connectivity index (χ1n) is 7.35. The predicted octanol–water partition coefficient (Wildman–Crippen LogP) is -0.0552. The minimum atomic E-state index is -0.126. The molecule has 2 aliphatic heterocycles. The van der Waals surface area contributed by atoms with Crippen LogP contribution in [0.5, 0.6) is 5.75 Å². The van der Waals surface area contributed by atoms with Gasteiger partial charge in [-0.3, -0.25) is 9.36 Å². The summed E-state index contributed by atoms with van der Waals surface area (Å²) < 4.78 is 7.32. The fourth-order valence-corrected chi connectivity index (χ4v) is 2.65. The van der Waals surface area contributed by atoms with Gasteiger partial charge in [0.15, 0.2) is 0 Å². The first kappa shape index (κ1) is 13.7. The average molecular weight is 310 g/mol. The monoisotopic (exact) mass is 310 g/mol. The van der Waals surface area contributed by atoms with Crippen LogP contribution < -0.4 is 15.3 Å². The molecular formula is C16H14N4O3. The number of hydrogen-bond donors (Lipinski definition) is 0. The number of nitrogens with zero attached hydrogens (tertiary/aromatic N) is 4. The second-order valence-electron chi connectivity index (χ2n) is 5.53. The van der Waals surface area contributed by atoms with Crippen molar-refractivity contribution in [3.05, 3.63) is 47.5 Å². The van der Waals surface area contributed by atoms with E-state index in [0.29, 0.717) is 24.9 Å². The Bertz CT molecular complexity index is 883. The highest BCUT2D eigenvalue weighted by atomic mass is 16.5. The van der Waals surface area contributed by atoms with Gasteiger partial charge in [-0.25, -0.2) is 14.8 Å². The first-order chi connectivity index (χ1) is 11.2. The van der Waals surface area contributed by atoms with Gasteiger partial charge in [0, 0.05) is 24.0 Å². The lowest BCUT2D eigenvalue weighted by Crippen LogP contribution is -2.57. The zero-order valence-corrected chi connectivity index (χ0v) is 12.3. The molecule has 4 rings (SSSR count). The molecule has 0 N–H and O–H groups in total. The molecule has 0 unspecified atom stereocenters. The number of amides is 2. The average Bonchev–Trinajstić information content (AvgIpc) is 3.04. The molecule has 0 atom stereocenters. The number of likely N-dealkylation sites (tertiary alicyclic amines) is 1. The molecule has 3 heterocycles. The SMILES string of the molecule is O=C1CC=c2cc(OC3CN(C(=O)n4ccnc4)C3)ccc2=N1. The number of ether oxygens (including phenoxy) is 1. The number of aromatic nitrogens is 2. The van der Waals surface area contributed by atoms with Crippen molar-refractivity contribution >= 4 is 18.0 Å². The maximum atomic E-state index is 12.1. The molecule has 1 aromatic carbocycles. The minimum absolute atomic E-state index is 0.0253. The molecular weight excluding hydrogens is 296 g/mol. The Morgan fingerprint density at radius 3 is 2.96 bits per heavy atom. The lowest BCUT2D eigenvalue weighted by molar-refractivity contribution is -0.117. The van der Waals surface area contributed by atoms with E-state index in [0.717, 1.165) is 11.0 Å². The van der Waals surface area contributed by atoms with Crippen LogP contribution >= 0.6 is 0 Å². The van der Waals surface area contributed by atoms with Crippen molar-refractivity contribution in [1.29, 1.82) is 0 Å². The highest BCUT2D eigenvalue weighted by molar-refractivity contribution is 5.83. The molecule has 0 radical (unpaired) electrons. The van der Waals surface area contributed by atoms with Crippen molar-refractivity contribution in [1.82, 2.24) is 14.5 Å². The third-order valence-corrected chi connectivity index (χ3v) is 3.89. The van der Waals surface area contributed by atoms with Crippen LogP contribution in [-0.2, 0) is 4.79 Å². The van der Waals surface area contributed by atoms with Crippen molar-refractivity contribution < 1.29 is 14.3 Å². The van der Waals surface area contributed by atoms with Crippen LogP contribution in [-0.4, -0.2) is 45.6 Å². The molecule has 2 aliphatic rings. The molecule has 2 aromatic rings. The van der Waals surface area contributed by atoms with E-state index in [1.807, 2.05) is 12.1 Å². The quantitative estimate of drug-likeness (QED) is 0.779. The largest absolute Gasteiger partial charge is 0.487 e. The summed E-state index contributed by atoms with van der Waals surface area (Å²) >= 11 is 0. The van der Waals surface area contributed by atoms with E-state index in [1.54, 1.807) is 29.4 Å². The molecule has 116 valence electrons. The molecule has 23 heavy (non-hydrogen) atoms. The third kappa shape index (κ3) is 2.61. The number of benzene rings is 1. The molecule has 0 spiro atoms. The second kappa shape index (κ2) is 5.35. The van der Waals surface area contributed by atoms with Gasteiger partial charge in [-0.15, -0.1) is 0 Å². The Morgan fingerprint density at radius 2 is 2.17 bits per heavy atom. The van der Waals surface area contributed by atoms with E-state index >= 15 is 0 Å². The summed E-state index contributed by atoms with van der Waals surface area (Å²) in [6.07, 6.45) is 6.84. The summed E-state index contributed by atoms with van der Waals surface area (Å²) in [4.78, 5) is 32.9. The van der Waals surface area contributed by atoms with Crippen LogP contribution in [0.15, 0.2) is 41.9 Å². The van der Waals surface area contributed by atoms with E-state index < -0.39 is 0 Å². The number of fused-ring (bicyclic) bond motifs is 1. The van der Waals surface area contributed by atoms with Gasteiger partial charge in [-0.05, 0) is 18.2 Å². The molecule has 0 aliphatic carbocycles. The Kier molecular flexibility index (Phi) is 3.18. The topological polar surface area (TPSA) is 76.8 Å². The summed E-state index contributed by atoms with van der Waals surface area (Å²) in [5.74, 6) is 0.600. The zero-order valence-electron chi connectivity index (χ0n) is 12.3. The summed E-state index contributed by atoms with van der Waals surface area (Å²) in [6, 6.07) is 5.37. The molecule has 0 bridgehead atoms. The second-order valence-corrected chi connectivity index (χ2v) is 5.53. The van der Waals surface area contributed by atoms with E-state index in [4.69, 9.17) is 4.74 Å². The van der Waals surface area contributed by atoms with Crippen molar-refractivity contribution in [3.8, 4) is 5.75 Å². The van der Waals surface area contributed by atoms with Crippen LogP contribution in [0.3, 0.4) is 0 Å². The van der Waals surface area contributed by atoms with E-state index in [-0.39, 0.29) is 18.0 Å². The standard InChI is InChI=1S/C16H14N4O3/c21-15-4-1-11-7-12(2-3-14(11)18-15)23-13-8-20(9-13)16(22)19-6-5-17-10-19/h1-3,5-7,10,13H,4,8-9H2. The highest BCUT2D eigenvalue weighted by Gasteiger charge is 2.33. The van der Waals surface area contributed by atoms with Crippen molar-refractivity contribution in [3.63, 3.8) is 0 Å². The Labute approximate surface area is 131 Å². The van der Waals surface area contributed by atoms with Gasteiger partial charge in [-0.2, -0.15) is 0 Å². The van der Waals surface area contributed by atoms with Crippen molar-refractivity contribution in [2.75, 3.05) is 13.1 Å². The number of carbonyl (C=O) groups excluding carboxylic acids is 2. The summed E-state index contributed by atoms with van der Waals surface area (Å²) in [7, 11) is 0. The third-order valence-electron chi connectivity index (χ3n) is 3.89. The van der Waals surface area contributed by atoms with Crippen LogP contribution in [0, 0.1) is 0 Å². The van der Waals surface area contributed by atoms with Crippen LogP contribution in [0.2, 0.25) is 0 Å². The van der Waals surface area contributed by atoms with Gasteiger partial charge in [-0.1, -0.05) is 6.08 Å². The van der Waals surface area contributed by atoms with Gasteiger partial charge in [0.05, 0.1) is 18.4 Å². The lowest BCUT2D eigenvalue weighted by Gasteiger charge is -2.38. The maximum absolute atomic E-state index is 12.1. The molecule has 0 saturated carbocycles. The van der Waals surface area contributed by atoms with Crippen LogP contribution in [0.1, 0.15) is 6.42 Å². The maximum Gasteiger partial charge on any atom is 0.329 e. The summed E-state index contributed by atoms with van der Waals surface area (Å²) in [6.45, 7) is 1.08. The van der Waals surface area contributed by atoms with Gasteiger partial charge < -0.3 is 9.64 Å². The zero-order chi connectivity index (χ0) is 15.8. The van der Waals surface area contributed by atoms with Gasteiger partial charge in [0.1, 0.15) is 18.2 Å². The number of imidazole rings is 1. The molecule has 2 amide bonds. The Balaban J connectivity index is 1.41. The summed E-state index contributed by atoms with van der Waals surface area (Å²) in [5, 5.41) is 1.59. The molecule has 7 nitrogen and oxygen atoms in total. The van der Waals surface area contributed by atoms with E-state index in [9.17, 15) is 9.59 Å². The predicted molar refractivity (Wildman–Crippen MR) is 80.3 cm³/mol. The Hall–Kier alpha value is -2.96. The smallest absolute Gasteiger partial charge is 0.329 e. The van der Waals surface area contributed by atoms with Crippen LogP contribution in [0.4, 0.5) is 4.79 Å². The number of carbonyl (C=O) groups is 2. The number of hydrogen-bond acceptors (Lipinski definition) is 4. The molecule has 7 heteroatoms. The Morgan fingerprint density at radius 1 is 1.30 bits per heavy atom. The van der Waals surface area contributed by atoms with E-state index in [1.165, 1.54) is 10.9 Å². The van der Waals surface area contributed by atoms with Crippen molar-refractivity contribution in [2.45, 2.75) is 12.5 Å². The van der Waals surface area contributed by atoms with Gasteiger partial charge >= 0.3 is 6.03 Å².